The van der Waals surface area contributed by atoms with Crippen LogP contribution in [0.5, 0.6) is 0 Å². The first-order chi connectivity index (χ1) is 10.8. The third-order valence-corrected chi connectivity index (χ3v) is 5.08. The van der Waals surface area contributed by atoms with Crippen LogP contribution in [0.3, 0.4) is 0 Å². The lowest BCUT2D eigenvalue weighted by molar-refractivity contribution is -0.130. The van der Waals surface area contributed by atoms with E-state index in [0.29, 0.717) is 6.04 Å². The molecule has 118 valence electrons. The van der Waals surface area contributed by atoms with Crippen molar-refractivity contribution < 1.29 is 4.79 Å². The van der Waals surface area contributed by atoms with Crippen LogP contribution in [0.25, 0.3) is 6.08 Å². The Balaban J connectivity index is 1.91. The Bertz CT molecular complexity index is 555. The summed E-state index contributed by atoms with van der Waals surface area (Å²) < 4.78 is 0. The summed E-state index contributed by atoms with van der Waals surface area (Å²) in [5, 5.41) is 0. The van der Waals surface area contributed by atoms with E-state index in [4.69, 9.17) is 0 Å². The Kier molecular flexibility index (Phi) is 4.97. The van der Waals surface area contributed by atoms with E-state index < -0.39 is 0 Å². The van der Waals surface area contributed by atoms with Crippen molar-refractivity contribution in [2.45, 2.75) is 70.9 Å². The number of rotatable bonds is 4. The molecule has 0 atom stereocenters. The largest absolute Gasteiger partial charge is 0.332 e. The van der Waals surface area contributed by atoms with Crippen LogP contribution >= 0.6 is 0 Å². The van der Waals surface area contributed by atoms with Crippen LogP contribution in [-0.2, 0) is 11.3 Å². The maximum absolute atomic E-state index is 13.1. The molecule has 1 amide bonds. The van der Waals surface area contributed by atoms with Crippen LogP contribution in [0.4, 0.5) is 0 Å². The first-order valence-corrected chi connectivity index (χ1v) is 8.89. The van der Waals surface area contributed by atoms with Gasteiger partial charge in [-0.1, -0.05) is 56.9 Å². The second kappa shape index (κ2) is 7.13. The zero-order valence-electron chi connectivity index (χ0n) is 13.7. The van der Waals surface area contributed by atoms with Gasteiger partial charge in [0, 0.05) is 18.2 Å². The van der Waals surface area contributed by atoms with Crippen LogP contribution in [-0.4, -0.2) is 16.8 Å². The number of hydrogen-bond acceptors (Lipinski definition) is 1. The summed E-state index contributed by atoms with van der Waals surface area (Å²) in [6.07, 6.45) is 11.5. The molecule has 1 saturated carbocycles. The molecule has 0 radical (unpaired) electrons. The Morgan fingerprint density at radius 1 is 1.14 bits per heavy atom. The first-order valence-electron chi connectivity index (χ1n) is 8.89. The number of carbonyl (C=O) groups is 1. The van der Waals surface area contributed by atoms with Gasteiger partial charge in [-0.05, 0) is 42.9 Å². The van der Waals surface area contributed by atoms with Crippen LogP contribution in [0.1, 0.15) is 69.4 Å². The van der Waals surface area contributed by atoms with Crippen molar-refractivity contribution in [1.29, 1.82) is 0 Å². The maximum atomic E-state index is 13.1. The van der Waals surface area contributed by atoms with Gasteiger partial charge in [0.05, 0.1) is 0 Å². The van der Waals surface area contributed by atoms with Crippen LogP contribution in [0.2, 0.25) is 0 Å². The van der Waals surface area contributed by atoms with Gasteiger partial charge in [0.25, 0.3) is 0 Å². The number of unbranched alkanes of at least 4 members (excludes halogenated alkanes) is 1. The van der Waals surface area contributed by atoms with Gasteiger partial charge in [0.15, 0.2) is 0 Å². The van der Waals surface area contributed by atoms with E-state index in [-0.39, 0.29) is 5.91 Å². The van der Waals surface area contributed by atoms with E-state index in [9.17, 15) is 4.79 Å². The molecule has 0 bridgehead atoms. The minimum absolute atomic E-state index is 0.288. The molecule has 1 heterocycles. The van der Waals surface area contributed by atoms with Crippen LogP contribution in [0.15, 0.2) is 29.8 Å². The second-order valence-electron chi connectivity index (χ2n) is 6.70. The molecule has 1 aliphatic heterocycles. The highest BCUT2D eigenvalue weighted by Gasteiger charge is 2.29. The van der Waals surface area contributed by atoms with Crippen molar-refractivity contribution >= 4 is 12.0 Å². The number of hydrogen-bond donors (Lipinski definition) is 0. The van der Waals surface area contributed by atoms with E-state index in [1.54, 1.807) is 0 Å². The maximum Gasteiger partial charge on any atom is 0.250 e. The molecule has 1 aliphatic carbocycles. The number of nitrogens with zero attached hydrogens (tertiary/aromatic N) is 1. The zero-order chi connectivity index (χ0) is 15.4. The minimum atomic E-state index is 0.288. The SMILES string of the molecule is CCCCC1=Cc2ccccc2CN(C2CCCCC2)C1=O. The van der Waals surface area contributed by atoms with Gasteiger partial charge in [-0.25, -0.2) is 0 Å². The molecule has 0 aromatic heterocycles. The fourth-order valence-corrected chi connectivity index (χ4v) is 3.74. The number of benzene rings is 1. The van der Waals surface area contributed by atoms with E-state index in [2.05, 4.69) is 42.2 Å². The van der Waals surface area contributed by atoms with Crippen molar-refractivity contribution in [3.05, 3.63) is 41.0 Å². The molecule has 1 fully saturated rings. The molecule has 1 aromatic carbocycles. The summed E-state index contributed by atoms with van der Waals surface area (Å²) in [5.74, 6) is 0.288. The molecule has 0 N–H and O–H groups in total. The van der Waals surface area contributed by atoms with Crippen LogP contribution in [0, 0.1) is 0 Å². The fourth-order valence-electron chi connectivity index (χ4n) is 3.74. The van der Waals surface area contributed by atoms with Crippen molar-refractivity contribution in [2.75, 3.05) is 0 Å². The Morgan fingerprint density at radius 2 is 1.91 bits per heavy atom. The summed E-state index contributed by atoms with van der Waals surface area (Å²) in [5.41, 5.74) is 3.55. The zero-order valence-corrected chi connectivity index (χ0v) is 13.7. The van der Waals surface area contributed by atoms with Crippen molar-refractivity contribution in [3.8, 4) is 0 Å². The van der Waals surface area contributed by atoms with E-state index in [0.717, 1.165) is 31.4 Å². The predicted octanol–water partition coefficient (Wildman–Crippen LogP) is 4.94. The molecule has 2 nitrogen and oxygen atoms in total. The topological polar surface area (TPSA) is 20.3 Å². The third-order valence-electron chi connectivity index (χ3n) is 5.08. The van der Waals surface area contributed by atoms with E-state index in [1.807, 2.05) is 0 Å². The summed E-state index contributed by atoms with van der Waals surface area (Å²) in [6.45, 7) is 2.97. The monoisotopic (exact) mass is 297 g/mol. The molecule has 2 heteroatoms. The average molecular weight is 297 g/mol. The number of amides is 1. The predicted molar refractivity (Wildman–Crippen MR) is 91.4 cm³/mol. The molecule has 1 aromatic rings. The lowest BCUT2D eigenvalue weighted by Gasteiger charge is -2.34. The standard InChI is InChI=1S/C20H27NO/c1-2-3-9-17-14-16-10-7-8-11-18(16)15-21(20(17)22)19-12-5-4-6-13-19/h7-8,10-11,14,19H,2-6,9,12-13,15H2,1H3. The van der Waals surface area contributed by atoms with Crippen molar-refractivity contribution in [2.24, 2.45) is 0 Å². The highest BCUT2D eigenvalue weighted by Crippen LogP contribution is 2.30. The molecule has 0 unspecified atom stereocenters. The summed E-state index contributed by atoms with van der Waals surface area (Å²) in [7, 11) is 0. The quantitative estimate of drug-likeness (QED) is 0.771. The van der Waals surface area contributed by atoms with E-state index >= 15 is 0 Å². The summed E-state index contributed by atoms with van der Waals surface area (Å²) >= 11 is 0. The fraction of sp³-hybridized carbons (Fsp3) is 0.550. The molecule has 0 saturated heterocycles. The van der Waals surface area contributed by atoms with Crippen molar-refractivity contribution in [3.63, 3.8) is 0 Å². The normalized spacial score (nSPS) is 19.6. The van der Waals surface area contributed by atoms with Crippen molar-refractivity contribution in [1.82, 2.24) is 4.90 Å². The van der Waals surface area contributed by atoms with Gasteiger partial charge in [-0.15, -0.1) is 0 Å². The molecular formula is C20H27NO. The Labute approximate surface area is 134 Å². The molecule has 0 spiro atoms. The molecule has 3 rings (SSSR count). The first kappa shape index (κ1) is 15.3. The molecular weight excluding hydrogens is 270 g/mol. The van der Waals surface area contributed by atoms with Gasteiger partial charge in [-0.3, -0.25) is 4.79 Å². The molecule has 22 heavy (non-hydrogen) atoms. The van der Waals surface area contributed by atoms with Gasteiger partial charge in [0.1, 0.15) is 0 Å². The lowest BCUT2D eigenvalue weighted by atomic mass is 9.93. The Hall–Kier alpha value is -1.57. The van der Waals surface area contributed by atoms with Gasteiger partial charge >= 0.3 is 0 Å². The lowest BCUT2D eigenvalue weighted by Crippen LogP contribution is -2.41. The highest BCUT2D eigenvalue weighted by atomic mass is 16.2. The van der Waals surface area contributed by atoms with Gasteiger partial charge in [0.2, 0.25) is 5.91 Å². The van der Waals surface area contributed by atoms with Gasteiger partial charge < -0.3 is 4.90 Å². The summed E-state index contributed by atoms with van der Waals surface area (Å²) in [6, 6.07) is 8.94. The molecule has 2 aliphatic rings. The minimum Gasteiger partial charge on any atom is -0.332 e. The summed E-state index contributed by atoms with van der Waals surface area (Å²) in [4.78, 5) is 15.2. The van der Waals surface area contributed by atoms with E-state index in [1.165, 1.54) is 43.2 Å². The third kappa shape index (κ3) is 3.26. The van der Waals surface area contributed by atoms with Crippen LogP contribution < -0.4 is 0 Å². The Morgan fingerprint density at radius 3 is 2.68 bits per heavy atom. The average Bonchev–Trinajstić information content (AvgIpc) is 2.71. The van der Waals surface area contributed by atoms with Gasteiger partial charge in [-0.2, -0.15) is 0 Å². The highest BCUT2D eigenvalue weighted by molar-refractivity contribution is 5.99. The smallest absolute Gasteiger partial charge is 0.250 e. The number of carbonyl (C=O) groups excluding carboxylic acids is 1. The second-order valence-corrected chi connectivity index (χ2v) is 6.70. The number of fused-ring (bicyclic) bond motifs is 1.